The molecule has 5 atom stereocenters. The number of carboxylic acid groups (broad SMARTS) is 1. The van der Waals surface area contributed by atoms with Crippen LogP contribution < -0.4 is 0 Å². The van der Waals surface area contributed by atoms with Crippen molar-refractivity contribution in [3.8, 4) is 0 Å². The van der Waals surface area contributed by atoms with E-state index in [1.165, 1.54) is 0 Å². The highest BCUT2D eigenvalue weighted by Gasteiger charge is 2.40. The minimum absolute atomic E-state index is 0.0319. The van der Waals surface area contributed by atoms with Crippen LogP contribution in [0.4, 0.5) is 0 Å². The molecule has 0 spiro atoms. The van der Waals surface area contributed by atoms with Gasteiger partial charge in [0.25, 0.3) is 0 Å². The number of aliphatic hydroxyl groups excluding tert-OH is 3. The normalized spacial score (nSPS) is 26.2. The van der Waals surface area contributed by atoms with Gasteiger partial charge in [0.1, 0.15) is 0 Å². The fourth-order valence-electron chi connectivity index (χ4n) is 4.36. The molecule has 5 nitrogen and oxygen atoms in total. The molecule has 1 aliphatic rings. The van der Waals surface area contributed by atoms with E-state index in [-0.39, 0.29) is 18.3 Å². The topological polar surface area (TPSA) is 98.0 Å². The zero-order valence-corrected chi connectivity index (χ0v) is 16.0. The Kier molecular flexibility index (Phi) is 9.25. The average Bonchev–Trinajstić information content (AvgIpc) is 2.89. The third kappa shape index (κ3) is 7.60. The standard InChI is InChI=1S/C22H34O5/c23-17(14-16-8-4-3-5-9-16)12-13-19-18(20(24)15-21(19)25)10-6-1-2-7-11-22(26)27/h3-5,8-9,17-21,23-25H,1-2,6-7,10-15H2,(H,26,27). The van der Waals surface area contributed by atoms with Crippen molar-refractivity contribution in [3.63, 3.8) is 0 Å². The third-order valence-corrected chi connectivity index (χ3v) is 5.85. The number of unbranched alkanes of at least 4 members (excludes halogenated alkanes) is 3. The Balaban J connectivity index is 1.73. The largest absolute Gasteiger partial charge is 0.481 e. The van der Waals surface area contributed by atoms with Crippen molar-refractivity contribution < 1.29 is 25.2 Å². The van der Waals surface area contributed by atoms with Crippen molar-refractivity contribution in [2.45, 2.75) is 82.5 Å². The molecule has 2 rings (SSSR count). The molecule has 1 saturated carbocycles. The lowest BCUT2D eigenvalue weighted by Crippen LogP contribution is -2.24. The van der Waals surface area contributed by atoms with Crippen molar-refractivity contribution in [1.29, 1.82) is 0 Å². The highest BCUT2D eigenvalue weighted by atomic mass is 16.4. The van der Waals surface area contributed by atoms with Crippen molar-refractivity contribution >= 4 is 5.97 Å². The van der Waals surface area contributed by atoms with Gasteiger partial charge in [0.05, 0.1) is 18.3 Å². The molecule has 1 aliphatic carbocycles. The molecular weight excluding hydrogens is 344 g/mol. The van der Waals surface area contributed by atoms with Crippen LogP contribution in [-0.2, 0) is 11.2 Å². The molecule has 5 heteroatoms. The maximum Gasteiger partial charge on any atom is 0.303 e. The molecule has 1 fully saturated rings. The lowest BCUT2D eigenvalue weighted by molar-refractivity contribution is -0.137. The van der Waals surface area contributed by atoms with Crippen molar-refractivity contribution in [1.82, 2.24) is 0 Å². The van der Waals surface area contributed by atoms with Gasteiger partial charge in [-0.15, -0.1) is 0 Å². The Morgan fingerprint density at radius 3 is 2.26 bits per heavy atom. The molecule has 0 bridgehead atoms. The van der Waals surface area contributed by atoms with Crippen molar-refractivity contribution in [3.05, 3.63) is 35.9 Å². The molecule has 1 aromatic rings. The third-order valence-electron chi connectivity index (χ3n) is 5.85. The Hall–Kier alpha value is -1.43. The van der Waals surface area contributed by atoms with Gasteiger partial charge in [0.2, 0.25) is 0 Å². The van der Waals surface area contributed by atoms with Crippen LogP contribution in [0.2, 0.25) is 0 Å². The first kappa shape index (κ1) is 21.9. The van der Waals surface area contributed by atoms with Gasteiger partial charge in [0, 0.05) is 6.42 Å². The van der Waals surface area contributed by atoms with E-state index in [1.54, 1.807) is 0 Å². The second-order valence-corrected chi connectivity index (χ2v) is 7.97. The predicted molar refractivity (Wildman–Crippen MR) is 104 cm³/mol. The number of aliphatic hydroxyl groups is 3. The minimum atomic E-state index is -0.751. The summed E-state index contributed by atoms with van der Waals surface area (Å²) in [6.45, 7) is 0. The van der Waals surface area contributed by atoms with E-state index in [2.05, 4.69) is 0 Å². The summed E-state index contributed by atoms with van der Waals surface area (Å²) in [5.41, 5.74) is 1.11. The van der Waals surface area contributed by atoms with E-state index in [4.69, 9.17) is 5.11 Å². The van der Waals surface area contributed by atoms with E-state index >= 15 is 0 Å². The fraction of sp³-hybridized carbons (Fsp3) is 0.682. The molecule has 1 aromatic carbocycles. The van der Waals surface area contributed by atoms with Crippen molar-refractivity contribution in [2.24, 2.45) is 11.8 Å². The SMILES string of the molecule is O=C(O)CCCCCCC1C(O)CC(O)C1CCC(O)Cc1ccccc1. The van der Waals surface area contributed by atoms with Crippen LogP contribution in [0, 0.1) is 11.8 Å². The maximum absolute atomic E-state index is 10.5. The van der Waals surface area contributed by atoms with Crippen LogP contribution in [0.3, 0.4) is 0 Å². The highest BCUT2D eigenvalue weighted by Crippen LogP contribution is 2.39. The summed E-state index contributed by atoms with van der Waals surface area (Å²) in [5.74, 6) is -0.647. The van der Waals surface area contributed by atoms with Gasteiger partial charge in [-0.2, -0.15) is 0 Å². The van der Waals surface area contributed by atoms with Crippen LogP contribution in [0.25, 0.3) is 0 Å². The fourth-order valence-corrected chi connectivity index (χ4v) is 4.36. The quantitative estimate of drug-likeness (QED) is 0.419. The number of aliphatic carboxylic acids is 1. The van der Waals surface area contributed by atoms with Crippen LogP contribution in [-0.4, -0.2) is 44.7 Å². The molecule has 27 heavy (non-hydrogen) atoms. The molecule has 0 aliphatic heterocycles. The van der Waals surface area contributed by atoms with Gasteiger partial charge in [-0.05, 0) is 55.9 Å². The lowest BCUT2D eigenvalue weighted by atomic mass is 9.84. The summed E-state index contributed by atoms with van der Waals surface area (Å²) in [7, 11) is 0. The Morgan fingerprint density at radius 1 is 0.963 bits per heavy atom. The number of carboxylic acids is 1. The summed E-state index contributed by atoms with van der Waals surface area (Å²) in [4.78, 5) is 10.5. The molecule has 4 N–H and O–H groups in total. The predicted octanol–water partition coefficient (Wildman–Crippen LogP) is 3.15. The summed E-state index contributed by atoms with van der Waals surface area (Å²) < 4.78 is 0. The van der Waals surface area contributed by atoms with Crippen molar-refractivity contribution in [2.75, 3.05) is 0 Å². The number of benzene rings is 1. The number of carbonyl (C=O) groups is 1. The summed E-state index contributed by atoms with van der Waals surface area (Å²) in [6, 6.07) is 9.89. The van der Waals surface area contributed by atoms with Gasteiger partial charge in [0.15, 0.2) is 0 Å². The van der Waals surface area contributed by atoms with E-state index < -0.39 is 24.3 Å². The molecule has 152 valence electrons. The highest BCUT2D eigenvalue weighted by molar-refractivity contribution is 5.66. The molecule has 0 heterocycles. The molecule has 0 saturated heterocycles. The molecule has 0 aromatic heterocycles. The lowest BCUT2D eigenvalue weighted by Gasteiger charge is -2.24. The first-order valence-electron chi connectivity index (χ1n) is 10.3. The summed E-state index contributed by atoms with van der Waals surface area (Å²) in [6.07, 6.45) is 5.51. The summed E-state index contributed by atoms with van der Waals surface area (Å²) >= 11 is 0. The van der Waals surface area contributed by atoms with E-state index in [1.807, 2.05) is 30.3 Å². The molecule has 5 unspecified atom stereocenters. The molecule has 0 radical (unpaired) electrons. The summed E-state index contributed by atoms with van der Waals surface area (Å²) in [5, 5.41) is 39.6. The Bertz CT molecular complexity index is 547. The zero-order chi connectivity index (χ0) is 19.6. The second-order valence-electron chi connectivity index (χ2n) is 7.97. The first-order valence-corrected chi connectivity index (χ1v) is 10.3. The number of rotatable bonds is 12. The second kappa shape index (κ2) is 11.4. The van der Waals surface area contributed by atoms with Gasteiger partial charge in [-0.1, -0.05) is 49.6 Å². The molecule has 0 amide bonds. The maximum atomic E-state index is 10.5. The Morgan fingerprint density at radius 2 is 1.59 bits per heavy atom. The number of hydrogen-bond donors (Lipinski definition) is 4. The van der Waals surface area contributed by atoms with Gasteiger partial charge >= 0.3 is 5.97 Å². The van der Waals surface area contributed by atoms with Crippen LogP contribution in [0.5, 0.6) is 0 Å². The van der Waals surface area contributed by atoms with Gasteiger partial charge < -0.3 is 20.4 Å². The number of hydrogen-bond acceptors (Lipinski definition) is 4. The van der Waals surface area contributed by atoms with Crippen LogP contribution in [0.15, 0.2) is 30.3 Å². The first-order chi connectivity index (χ1) is 13.0. The smallest absolute Gasteiger partial charge is 0.303 e. The van der Waals surface area contributed by atoms with E-state index in [9.17, 15) is 20.1 Å². The van der Waals surface area contributed by atoms with E-state index in [0.717, 1.165) is 37.7 Å². The van der Waals surface area contributed by atoms with Gasteiger partial charge in [-0.3, -0.25) is 4.79 Å². The van der Waals surface area contributed by atoms with Crippen LogP contribution in [0.1, 0.15) is 63.4 Å². The Labute approximate surface area is 162 Å². The monoisotopic (exact) mass is 378 g/mol. The molecular formula is C22H34O5. The van der Waals surface area contributed by atoms with E-state index in [0.29, 0.717) is 25.7 Å². The minimum Gasteiger partial charge on any atom is -0.481 e. The van der Waals surface area contributed by atoms with Crippen LogP contribution >= 0.6 is 0 Å². The average molecular weight is 379 g/mol. The zero-order valence-electron chi connectivity index (χ0n) is 16.0. The van der Waals surface area contributed by atoms with Gasteiger partial charge in [-0.25, -0.2) is 0 Å².